The Kier molecular flexibility index (Phi) is 4.22. The van der Waals surface area contributed by atoms with E-state index in [1.54, 1.807) is 17.0 Å². The second kappa shape index (κ2) is 6.19. The highest BCUT2D eigenvalue weighted by molar-refractivity contribution is 5.77. The summed E-state index contributed by atoms with van der Waals surface area (Å²) >= 11 is 0. The molecule has 0 atom stereocenters. The van der Waals surface area contributed by atoms with Crippen molar-refractivity contribution in [3.8, 4) is 5.75 Å². The number of likely N-dealkylation sites (tertiary alicyclic amines) is 1. The molecule has 24 heavy (non-hydrogen) atoms. The summed E-state index contributed by atoms with van der Waals surface area (Å²) in [5, 5.41) is 0.849. The Morgan fingerprint density at radius 2 is 1.96 bits per heavy atom. The van der Waals surface area contributed by atoms with Crippen LogP contribution >= 0.6 is 0 Å². The highest BCUT2D eigenvalue weighted by atomic mass is 16.6. The van der Waals surface area contributed by atoms with Gasteiger partial charge in [0.15, 0.2) is 0 Å². The molecule has 0 saturated carbocycles. The van der Waals surface area contributed by atoms with Crippen molar-refractivity contribution in [1.29, 1.82) is 0 Å². The van der Waals surface area contributed by atoms with E-state index in [9.17, 15) is 9.59 Å². The van der Waals surface area contributed by atoms with E-state index in [1.165, 1.54) is 6.07 Å². The van der Waals surface area contributed by atoms with Crippen molar-refractivity contribution in [2.45, 2.75) is 26.4 Å². The maximum absolute atomic E-state index is 11.9. The number of hydrogen-bond donors (Lipinski definition) is 0. The van der Waals surface area contributed by atoms with Gasteiger partial charge >= 0.3 is 11.7 Å². The predicted molar refractivity (Wildman–Crippen MR) is 89.3 cm³/mol. The Morgan fingerprint density at radius 1 is 1.25 bits per heavy atom. The Hall–Kier alpha value is -2.50. The van der Waals surface area contributed by atoms with Crippen LogP contribution in [-0.4, -0.2) is 36.3 Å². The standard InChI is InChI=1S/C18H21NO5/c1-18(2,3)24-17(21)19-9-12(10-19)11-22-14-6-4-13-5-7-16(20)23-15(13)8-14/h4-8,12H,9-11H2,1-3H3. The Morgan fingerprint density at radius 3 is 2.67 bits per heavy atom. The first kappa shape index (κ1) is 16.4. The summed E-state index contributed by atoms with van der Waals surface area (Å²) < 4.78 is 16.2. The van der Waals surface area contributed by atoms with Gasteiger partial charge in [-0.1, -0.05) is 0 Å². The molecule has 0 aliphatic carbocycles. The van der Waals surface area contributed by atoms with E-state index in [-0.39, 0.29) is 17.6 Å². The molecule has 0 bridgehead atoms. The molecule has 1 aromatic heterocycles. The predicted octanol–water partition coefficient (Wildman–Crippen LogP) is 3.04. The van der Waals surface area contributed by atoms with Gasteiger partial charge in [-0.2, -0.15) is 0 Å². The van der Waals surface area contributed by atoms with Crippen LogP contribution in [0.25, 0.3) is 11.0 Å². The summed E-state index contributed by atoms with van der Waals surface area (Å²) in [7, 11) is 0. The Labute approximate surface area is 140 Å². The maximum Gasteiger partial charge on any atom is 0.410 e. The molecule has 6 heteroatoms. The Bertz CT molecular complexity index is 799. The third-order valence-corrected chi connectivity index (χ3v) is 3.69. The van der Waals surface area contributed by atoms with E-state index < -0.39 is 5.60 Å². The molecule has 3 rings (SSSR count). The van der Waals surface area contributed by atoms with Gasteiger partial charge < -0.3 is 18.8 Å². The molecule has 1 amide bonds. The van der Waals surface area contributed by atoms with E-state index in [4.69, 9.17) is 13.9 Å². The van der Waals surface area contributed by atoms with Gasteiger partial charge in [-0.15, -0.1) is 0 Å². The first-order valence-electron chi connectivity index (χ1n) is 7.95. The first-order chi connectivity index (χ1) is 11.3. The molecule has 1 saturated heterocycles. The van der Waals surface area contributed by atoms with Crippen LogP contribution in [0.5, 0.6) is 5.75 Å². The molecule has 1 aliphatic rings. The molecule has 128 valence electrons. The Balaban J connectivity index is 1.51. The number of rotatable bonds is 3. The highest BCUT2D eigenvalue weighted by Crippen LogP contribution is 2.23. The number of fused-ring (bicyclic) bond motifs is 1. The number of nitrogens with zero attached hydrogens (tertiary/aromatic N) is 1. The SMILES string of the molecule is CC(C)(C)OC(=O)N1CC(COc2ccc3ccc(=O)oc3c2)C1. The third-order valence-electron chi connectivity index (χ3n) is 3.69. The van der Waals surface area contributed by atoms with Gasteiger partial charge in [0.05, 0.1) is 6.61 Å². The summed E-state index contributed by atoms with van der Waals surface area (Å²) in [5.41, 5.74) is -0.358. The van der Waals surface area contributed by atoms with Gasteiger partial charge in [-0.3, -0.25) is 0 Å². The van der Waals surface area contributed by atoms with Gasteiger partial charge in [-0.05, 0) is 39.0 Å². The molecule has 1 aliphatic heterocycles. The zero-order valence-corrected chi connectivity index (χ0v) is 14.1. The number of hydrogen-bond acceptors (Lipinski definition) is 5. The zero-order valence-electron chi connectivity index (χ0n) is 14.1. The van der Waals surface area contributed by atoms with Gasteiger partial charge in [0.1, 0.15) is 16.9 Å². The van der Waals surface area contributed by atoms with Crippen molar-refractivity contribution >= 4 is 17.1 Å². The van der Waals surface area contributed by atoms with Crippen molar-refractivity contribution in [3.63, 3.8) is 0 Å². The lowest BCUT2D eigenvalue weighted by Gasteiger charge is -2.39. The fraction of sp³-hybridized carbons (Fsp3) is 0.444. The molecule has 0 unspecified atom stereocenters. The quantitative estimate of drug-likeness (QED) is 0.809. The van der Waals surface area contributed by atoms with Crippen LogP contribution in [0, 0.1) is 5.92 Å². The van der Waals surface area contributed by atoms with E-state index >= 15 is 0 Å². The lowest BCUT2D eigenvalue weighted by atomic mass is 10.0. The van der Waals surface area contributed by atoms with Gasteiger partial charge in [-0.25, -0.2) is 9.59 Å². The maximum atomic E-state index is 11.9. The number of amides is 1. The summed E-state index contributed by atoms with van der Waals surface area (Å²) in [6, 6.07) is 8.51. The van der Waals surface area contributed by atoms with Crippen molar-refractivity contribution in [2.24, 2.45) is 5.92 Å². The molecule has 1 fully saturated rings. The second-order valence-electron chi connectivity index (χ2n) is 7.02. The van der Waals surface area contributed by atoms with Gasteiger partial charge in [0, 0.05) is 36.5 Å². The summed E-state index contributed by atoms with van der Waals surface area (Å²) in [4.78, 5) is 24.8. The van der Waals surface area contributed by atoms with Crippen LogP contribution in [0.2, 0.25) is 0 Å². The van der Waals surface area contributed by atoms with Crippen LogP contribution < -0.4 is 10.4 Å². The van der Waals surface area contributed by atoms with Gasteiger partial charge in [0.25, 0.3) is 0 Å². The van der Waals surface area contributed by atoms with Crippen LogP contribution in [-0.2, 0) is 4.74 Å². The lowest BCUT2D eigenvalue weighted by Crippen LogP contribution is -2.53. The molecule has 0 radical (unpaired) electrons. The molecular weight excluding hydrogens is 310 g/mol. The zero-order chi connectivity index (χ0) is 17.3. The monoisotopic (exact) mass is 331 g/mol. The fourth-order valence-electron chi connectivity index (χ4n) is 2.50. The third kappa shape index (κ3) is 3.88. The number of carbonyl (C=O) groups excluding carboxylic acids is 1. The smallest absolute Gasteiger partial charge is 0.410 e. The van der Waals surface area contributed by atoms with E-state index in [2.05, 4.69) is 0 Å². The molecular formula is C18H21NO5. The van der Waals surface area contributed by atoms with Crippen LogP contribution in [0.4, 0.5) is 4.79 Å². The van der Waals surface area contributed by atoms with E-state index in [0.717, 1.165) is 5.39 Å². The van der Waals surface area contributed by atoms with E-state index in [1.807, 2.05) is 32.9 Å². The summed E-state index contributed by atoms with van der Waals surface area (Å²) in [6.45, 7) is 7.30. The minimum atomic E-state index is -0.478. The van der Waals surface area contributed by atoms with Crippen molar-refractivity contribution in [2.75, 3.05) is 19.7 Å². The molecule has 2 heterocycles. The van der Waals surface area contributed by atoms with E-state index in [0.29, 0.717) is 31.0 Å². The largest absolute Gasteiger partial charge is 0.493 e. The number of ether oxygens (including phenoxy) is 2. The molecule has 0 N–H and O–H groups in total. The average Bonchev–Trinajstić information content (AvgIpc) is 2.43. The van der Waals surface area contributed by atoms with Crippen LogP contribution in [0.15, 0.2) is 39.5 Å². The minimum absolute atomic E-state index is 0.274. The molecule has 1 aromatic carbocycles. The topological polar surface area (TPSA) is 69.0 Å². The molecule has 2 aromatic rings. The summed E-state index contributed by atoms with van der Waals surface area (Å²) in [5.74, 6) is 0.920. The second-order valence-corrected chi connectivity index (χ2v) is 7.02. The number of benzene rings is 1. The van der Waals surface area contributed by atoms with Gasteiger partial charge in [0.2, 0.25) is 0 Å². The lowest BCUT2D eigenvalue weighted by molar-refractivity contribution is -0.00780. The van der Waals surface area contributed by atoms with Crippen LogP contribution in [0.3, 0.4) is 0 Å². The normalized spacial score (nSPS) is 15.2. The highest BCUT2D eigenvalue weighted by Gasteiger charge is 2.34. The van der Waals surface area contributed by atoms with Crippen LogP contribution in [0.1, 0.15) is 20.8 Å². The summed E-state index contributed by atoms with van der Waals surface area (Å²) in [6.07, 6.45) is -0.286. The molecule has 0 spiro atoms. The molecule has 6 nitrogen and oxygen atoms in total. The number of carbonyl (C=O) groups is 1. The average molecular weight is 331 g/mol. The van der Waals surface area contributed by atoms with Crippen molar-refractivity contribution in [1.82, 2.24) is 4.90 Å². The van der Waals surface area contributed by atoms with Crippen molar-refractivity contribution in [3.05, 3.63) is 40.8 Å². The minimum Gasteiger partial charge on any atom is -0.493 e. The van der Waals surface area contributed by atoms with Crippen molar-refractivity contribution < 1.29 is 18.7 Å². The first-order valence-corrected chi connectivity index (χ1v) is 7.95. The fourth-order valence-corrected chi connectivity index (χ4v) is 2.50.